The number of benzene rings is 1. The summed E-state index contributed by atoms with van der Waals surface area (Å²) in [6.45, 7) is 0.303. The van der Waals surface area contributed by atoms with Crippen LogP contribution in [0.4, 0.5) is 5.69 Å². The molecule has 0 radical (unpaired) electrons. The Morgan fingerprint density at radius 1 is 1.14 bits per heavy atom. The lowest BCUT2D eigenvalue weighted by Crippen LogP contribution is -2.35. The van der Waals surface area contributed by atoms with Gasteiger partial charge in [0.25, 0.3) is 11.6 Å². The van der Waals surface area contributed by atoms with Gasteiger partial charge in [-0.3, -0.25) is 24.5 Å². The fourth-order valence-corrected chi connectivity index (χ4v) is 1.48. The van der Waals surface area contributed by atoms with Gasteiger partial charge in [-0.1, -0.05) is 0 Å². The molecule has 1 aromatic carbocycles. The maximum absolute atomic E-state index is 11.7. The third-order valence-electron chi connectivity index (χ3n) is 2.61. The van der Waals surface area contributed by atoms with Crippen molar-refractivity contribution in [3.05, 3.63) is 39.9 Å². The van der Waals surface area contributed by atoms with E-state index in [1.54, 1.807) is 0 Å². The molecule has 0 fully saturated rings. The summed E-state index contributed by atoms with van der Waals surface area (Å²) in [6.07, 6.45) is -0.382. The van der Waals surface area contributed by atoms with Gasteiger partial charge in [-0.2, -0.15) is 0 Å². The van der Waals surface area contributed by atoms with Crippen LogP contribution in [0.15, 0.2) is 24.3 Å². The van der Waals surface area contributed by atoms with Crippen molar-refractivity contribution in [1.29, 1.82) is 0 Å². The number of ether oxygens (including phenoxy) is 1. The molecule has 0 aliphatic rings. The third-order valence-corrected chi connectivity index (χ3v) is 2.61. The van der Waals surface area contributed by atoms with Gasteiger partial charge in [0.05, 0.1) is 12.0 Å². The molecule has 9 heteroatoms. The monoisotopic (exact) mass is 309 g/mol. The van der Waals surface area contributed by atoms with Crippen molar-refractivity contribution in [1.82, 2.24) is 10.6 Å². The first-order valence-electron chi connectivity index (χ1n) is 6.30. The largest absolute Gasteiger partial charge is 0.469 e. The van der Waals surface area contributed by atoms with Crippen LogP contribution in [-0.2, 0) is 14.3 Å². The van der Waals surface area contributed by atoms with Crippen molar-refractivity contribution in [2.75, 3.05) is 20.2 Å². The van der Waals surface area contributed by atoms with Gasteiger partial charge < -0.3 is 15.4 Å². The summed E-state index contributed by atoms with van der Waals surface area (Å²) in [5, 5.41) is 15.5. The number of hydrogen-bond donors (Lipinski definition) is 2. The van der Waals surface area contributed by atoms with Crippen LogP contribution >= 0.6 is 0 Å². The highest BCUT2D eigenvalue weighted by molar-refractivity contribution is 5.95. The quantitative estimate of drug-likeness (QED) is 0.240. The fraction of sp³-hybridized carbons (Fsp3) is 0.308. The van der Waals surface area contributed by atoms with Crippen LogP contribution < -0.4 is 10.6 Å². The van der Waals surface area contributed by atoms with E-state index in [1.165, 1.54) is 31.4 Å². The topological polar surface area (TPSA) is 128 Å². The lowest BCUT2D eigenvalue weighted by atomic mass is 10.2. The summed E-state index contributed by atoms with van der Waals surface area (Å²) < 4.78 is 4.33. The van der Waals surface area contributed by atoms with E-state index in [1.807, 2.05) is 0 Å². The van der Waals surface area contributed by atoms with Crippen molar-refractivity contribution in [3.8, 4) is 0 Å². The number of nitrogens with one attached hydrogen (secondary N) is 2. The smallest absolute Gasteiger partial charge is 0.315 e. The number of hydrogen-bond acceptors (Lipinski definition) is 6. The maximum Gasteiger partial charge on any atom is 0.315 e. The zero-order valence-electron chi connectivity index (χ0n) is 11.8. The Morgan fingerprint density at radius 2 is 1.73 bits per heavy atom. The Labute approximate surface area is 125 Å². The third kappa shape index (κ3) is 5.57. The van der Waals surface area contributed by atoms with Gasteiger partial charge in [0, 0.05) is 30.8 Å². The van der Waals surface area contributed by atoms with E-state index >= 15 is 0 Å². The van der Waals surface area contributed by atoms with Crippen LogP contribution in [0.3, 0.4) is 0 Å². The molecule has 2 amide bonds. The molecule has 0 saturated heterocycles. The highest BCUT2D eigenvalue weighted by Crippen LogP contribution is 2.11. The second kappa shape index (κ2) is 8.35. The predicted octanol–water partition coefficient (Wildman–Crippen LogP) is 0.00390. The van der Waals surface area contributed by atoms with Crippen molar-refractivity contribution in [2.24, 2.45) is 0 Å². The SMILES string of the molecule is COC(=O)CC(=O)NCCNC(=O)c1ccc([N+](=O)[O-])cc1. The number of nitrogens with zero attached hydrogens (tertiary/aromatic N) is 1. The van der Waals surface area contributed by atoms with Crippen molar-refractivity contribution in [3.63, 3.8) is 0 Å². The second-order valence-electron chi connectivity index (χ2n) is 4.16. The number of nitro benzene ring substituents is 1. The van der Waals surface area contributed by atoms with Gasteiger partial charge >= 0.3 is 5.97 Å². The first-order valence-corrected chi connectivity index (χ1v) is 6.30. The number of non-ortho nitro benzene ring substituents is 1. The van der Waals surface area contributed by atoms with Crippen LogP contribution in [-0.4, -0.2) is 42.9 Å². The normalized spacial score (nSPS) is 9.68. The molecule has 0 unspecified atom stereocenters. The first-order chi connectivity index (χ1) is 10.4. The molecule has 0 atom stereocenters. The minimum atomic E-state index is -0.646. The predicted molar refractivity (Wildman–Crippen MR) is 75.1 cm³/mol. The van der Waals surface area contributed by atoms with Gasteiger partial charge in [0.2, 0.25) is 5.91 Å². The molecular formula is C13H15N3O6. The van der Waals surface area contributed by atoms with Crippen molar-refractivity contribution < 1.29 is 24.0 Å². The van der Waals surface area contributed by atoms with Gasteiger partial charge in [-0.05, 0) is 12.1 Å². The highest BCUT2D eigenvalue weighted by atomic mass is 16.6. The van der Waals surface area contributed by atoms with Gasteiger partial charge in [0.1, 0.15) is 6.42 Å². The summed E-state index contributed by atoms with van der Waals surface area (Å²) in [7, 11) is 1.18. The molecule has 0 aromatic heterocycles. The van der Waals surface area contributed by atoms with E-state index < -0.39 is 22.7 Å². The zero-order valence-corrected chi connectivity index (χ0v) is 11.8. The van der Waals surface area contributed by atoms with Gasteiger partial charge in [-0.25, -0.2) is 0 Å². The summed E-state index contributed by atoms with van der Waals surface area (Å²) in [6, 6.07) is 5.13. The van der Waals surface area contributed by atoms with E-state index in [2.05, 4.69) is 15.4 Å². The van der Waals surface area contributed by atoms with Gasteiger partial charge in [0.15, 0.2) is 0 Å². The fourth-order valence-electron chi connectivity index (χ4n) is 1.48. The molecule has 0 aliphatic heterocycles. The average Bonchev–Trinajstić information content (AvgIpc) is 2.51. The van der Waals surface area contributed by atoms with Crippen LogP contribution in [0.25, 0.3) is 0 Å². The van der Waals surface area contributed by atoms with Crippen LogP contribution in [0.5, 0.6) is 0 Å². The van der Waals surface area contributed by atoms with E-state index in [0.717, 1.165) is 0 Å². The Bertz CT molecular complexity index is 570. The second-order valence-corrected chi connectivity index (χ2v) is 4.16. The lowest BCUT2D eigenvalue weighted by Gasteiger charge is -2.06. The number of rotatable bonds is 7. The number of nitro groups is 1. The zero-order chi connectivity index (χ0) is 16.5. The highest BCUT2D eigenvalue weighted by Gasteiger charge is 2.10. The molecule has 0 saturated carbocycles. The van der Waals surface area contributed by atoms with Gasteiger partial charge in [-0.15, -0.1) is 0 Å². The Kier molecular flexibility index (Phi) is 6.48. The van der Waals surface area contributed by atoms with Crippen LogP contribution in [0.1, 0.15) is 16.8 Å². The maximum atomic E-state index is 11.7. The molecule has 0 spiro atoms. The molecule has 1 aromatic rings. The van der Waals surface area contributed by atoms with E-state index in [4.69, 9.17) is 0 Å². The van der Waals surface area contributed by atoms with Crippen LogP contribution in [0.2, 0.25) is 0 Å². The Balaban J connectivity index is 2.33. The number of carbonyl (C=O) groups excluding carboxylic acids is 3. The van der Waals surface area contributed by atoms with Crippen molar-refractivity contribution in [2.45, 2.75) is 6.42 Å². The summed E-state index contributed by atoms with van der Waals surface area (Å²) in [5.74, 6) is -1.57. The van der Waals surface area contributed by atoms with E-state index in [9.17, 15) is 24.5 Å². The summed E-state index contributed by atoms with van der Waals surface area (Å²) in [5.41, 5.74) is 0.165. The van der Waals surface area contributed by atoms with Crippen LogP contribution in [0, 0.1) is 10.1 Å². The molecule has 2 N–H and O–H groups in total. The molecule has 0 aliphatic carbocycles. The first kappa shape index (κ1) is 17.1. The number of amides is 2. The number of esters is 1. The number of carbonyl (C=O) groups is 3. The standard InChI is InChI=1S/C13H15N3O6/c1-22-12(18)8-11(17)14-6-7-15-13(19)9-2-4-10(5-3-9)16(20)21/h2-5H,6-8H2,1H3,(H,14,17)(H,15,19). The molecule has 118 valence electrons. The molecule has 22 heavy (non-hydrogen) atoms. The average molecular weight is 309 g/mol. The molecular weight excluding hydrogens is 294 g/mol. The molecule has 1 rings (SSSR count). The summed E-state index contributed by atoms with van der Waals surface area (Å²) >= 11 is 0. The lowest BCUT2D eigenvalue weighted by molar-refractivity contribution is -0.384. The van der Waals surface area contributed by atoms with E-state index in [-0.39, 0.29) is 30.8 Å². The van der Waals surface area contributed by atoms with Crippen molar-refractivity contribution >= 4 is 23.5 Å². The number of methoxy groups -OCH3 is 1. The van der Waals surface area contributed by atoms with E-state index in [0.29, 0.717) is 0 Å². The Hall–Kier alpha value is -2.97. The Morgan fingerprint density at radius 3 is 2.27 bits per heavy atom. The minimum absolute atomic E-state index is 0.105. The molecule has 0 bridgehead atoms. The minimum Gasteiger partial charge on any atom is -0.469 e. The summed E-state index contributed by atoms with van der Waals surface area (Å²) in [4.78, 5) is 43.7. The molecule has 0 heterocycles. The molecule has 9 nitrogen and oxygen atoms in total.